The fourth-order valence-electron chi connectivity index (χ4n) is 2.53. The summed E-state index contributed by atoms with van der Waals surface area (Å²) in [6, 6.07) is 7.21. The SMILES string of the molecule is CC(=O)c1ccccc1NC(=O)CN1CCCC(N)C1.Cl. The Bertz CT molecular complexity index is 507. The van der Waals surface area contributed by atoms with E-state index in [1.165, 1.54) is 6.92 Å². The molecule has 6 heteroatoms. The average molecular weight is 312 g/mol. The van der Waals surface area contributed by atoms with Gasteiger partial charge in [-0.1, -0.05) is 12.1 Å². The van der Waals surface area contributed by atoms with E-state index in [9.17, 15) is 9.59 Å². The summed E-state index contributed by atoms with van der Waals surface area (Å²) in [6.45, 7) is 3.46. The molecule has 1 amide bonds. The smallest absolute Gasteiger partial charge is 0.238 e. The van der Waals surface area contributed by atoms with Gasteiger partial charge in [-0.05, 0) is 38.4 Å². The molecule has 0 aromatic heterocycles. The number of nitrogens with one attached hydrogen (secondary N) is 1. The van der Waals surface area contributed by atoms with Crippen molar-refractivity contribution in [3.8, 4) is 0 Å². The number of hydrogen-bond acceptors (Lipinski definition) is 4. The van der Waals surface area contributed by atoms with Crippen LogP contribution in [0.2, 0.25) is 0 Å². The van der Waals surface area contributed by atoms with Crippen LogP contribution < -0.4 is 11.1 Å². The molecule has 1 aliphatic rings. The number of Topliss-reactive ketones (excluding diaryl/α,β-unsaturated/α-hetero) is 1. The minimum absolute atomic E-state index is 0. The summed E-state index contributed by atoms with van der Waals surface area (Å²) in [5.41, 5.74) is 7.01. The Morgan fingerprint density at radius 1 is 1.38 bits per heavy atom. The van der Waals surface area contributed by atoms with Gasteiger partial charge in [0, 0.05) is 18.2 Å². The lowest BCUT2D eigenvalue weighted by atomic mass is 10.1. The molecular weight excluding hydrogens is 290 g/mol. The Balaban J connectivity index is 0.00000220. The molecule has 1 aromatic carbocycles. The normalized spacial score (nSPS) is 18.7. The molecule has 1 aromatic rings. The van der Waals surface area contributed by atoms with Gasteiger partial charge in [-0.3, -0.25) is 14.5 Å². The van der Waals surface area contributed by atoms with Crippen molar-refractivity contribution in [1.82, 2.24) is 4.90 Å². The molecule has 2 rings (SSSR count). The van der Waals surface area contributed by atoms with Gasteiger partial charge in [-0.15, -0.1) is 12.4 Å². The van der Waals surface area contributed by atoms with Crippen molar-refractivity contribution in [2.24, 2.45) is 5.73 Å². The van der Waals surface area contributed by atoms with Crippen LogP contribution in [0.25, 0.3) is 0 Å². The third-order valence-electron chi connectivity index (χ3n) is 3.49. The number of halogens is 1. The van der Waals surface area contributed by atoms with Gasteiger partial charge < -0.3 is 11.1 Å². The van der Waals surface area contributed by atoms with E-state index >= 15 is 0 Å². The Labute approximate surface area is 131 Å². The third-order valence-corrected chi connectivity index (χ3v) is 3.49. The summed E-state index contributed by atoms with van der Waals surface area (Å²) >= 11 is 0. The van der Waals surface area contributed by atoms with Crippen LogP contribution in [0.3, 0.4) is 0 Å². The molecule has 1 unspecified atom stereocenters. The van der Waals surface area contributed by atoms with Crippen molar-refractivity contribution in [1.29, 1.82) is 0 Å². The quantitative estimate of drug-likeness (QED) is 0.830. The number of anilines is 1. The van der Waals surface area contributed by atoms with Crippen molar-refractivity contribution in [2.75, 3.05) is 25.0 Å². The van der Waals surface area contributed by atoms with Crippen LogP contribution in [-0.2, 0) is 4.79 Å². The van der Waals surface area contributed by atoms with Gasteiger partial charge in [0.2, 0.25) is 5.91 Å². The minimum atomic E-state index is -0.104. The first kappa shape index (κ1) is 17.6. The van der Waals surface area contributed by atoms with Crippen LogP contribution in [0.4, 0.5) is 5.69 Å². The van der Waals surface area contributed by atoms with Crippen LogP contribution in [0, 0.1) is 0 Å². The van der Waals surface area contributed by atoms with Gasteiger partial charge in [-0.25, -0.2) is 0 Å². The van der Waals surface area contributed by atoms with Crippen molar-refractivity contribution < 1.29 is 9.59 Å². The number of amides is 1. The summed E-state index contributed by atoms with van der Waals surface area (Å²) in [4.78, 5) is 25.6. The number of piperidine rings is 1. The fraction of sp³-hybridized carbons (Fsp3) is 0.467. The van der Waals surface area contributed by atoms with E-state index in [4.69, 9.17) is 5.73 Å². The zero-order valence-corrected chi connectivity index (χ0v) is 13.0. The Kier molecular flexibility index (Phi) is 6.81. The molecule has 1 aliphatic heterocycles. The van der Waals surface area contributed by atoms with E-state index in [2.05, 4.69) is 10.2 Å². The number of carbonyl (C=O) groups excluding carboxylic acids is 2. The highest BCUT2D eigenvalue weighted by Crippen LogP contribution is 2.16. The highest BCUT2D eigenvalue weighted by molar-refractivity contribution is 6.04. The van der Waals surface area contributed by atoms with E-state index in [0.29, 0.717) is 17.8 Å². The number of nitrogens with two attached hydrogens (primary N) is 1. The second-order valence-electron chi connectivity index (χ2n) is 5.29. The molecule has 0 saturated carbocycles. The topological polar surface area (TPSA) is 75.4 Å². The molecule has 1 heterocycles. The zero-order valence-electron chi connectivity index (χ0n) is 12.2. The molecule has 1 saturated heterocycles. The molecule has 0 aliphatic carbocycles. The molecule has 116 valence electrons. The predicted octanol–water partition coefficient (Wildman–Crippen LogP) is 1.67. The second-order valence-corrected chi connectivity index (χ2v) is 5.29. The van der Waals surface area contributed by atoms with Gasteiger partial charge in [0.25, 0.3) is 0 Å². The standard InChI is InChI=1S/C15H21N3O2.ClH/c1-11(19)13-6-2-3-7-14(13)17-15(20)10-18-8-4-5-12(16)9-18;/h2-3,6-7,12H,4-5,8-10,16H2,1H3,(H,17,20);1H. The van der Waals surface area contributed by atoms with Gasteiger partial charge in [0.15, 0.2) is 5.78 Å². The molecule has 21 heavy (non-hydrogen) atoms. The van der Waals surface area contributed by atoms with Crippen molar-refractivity contribution in [3.63, 3.8) is 0 Å². The summed E-state index contributed by atoms with van der Waals surface area (Å²) in [7, 11) is 0. The zero-order chi connectivity index (χ0) is 14.5. The maximum absolute atomic E-state index is 12.1. The van der Waals surface area contributed by atoms with Crippen LogP contribution in [0.1, 0.15) is 30.1 Å². The highest BCUT2D eigenvalue weighted by atomic mass is 35.5. The number of para-hydroxylation sites is 1. The summed E-state index contributed by atoms with van der Waals surface area (Å²) in [5, 5.41) is 2.81. The molecule has 3 N–H and O–H groups in total. The summed E-state index contributed by atoms with van der Waals surface area (Å²) in [6.07, 6.45) is 2.05. The largest absolute Gasteiger partial charge is 0.327 e. The molecule has 1 atom stereocenters. The number of hydrogen-bond donors (Lipinski definition) is 2. The van der Waals surface area contributed by atoms with Gasteiger partial charge in [0.05, 0.1) is 12.2 Å². The maximum Gasteiger partial charge on any atom is 0.238 e. The highest BCUT2D eigenvalue weighted by Gasteiger charge is 2.19. The molecule has 1 fully saturated rings. The van der Waals surface area contributed by atoms with Gasteiger partial charge >= 0.3 is 0 Å². The summed E-state index contributed by atoms with van der Waals surface area (Å²) < 4.78 is 0. The average Bonchev–Trinajstić information content (AvgIpc) is 2.38. The Morgan fingerprint density at radius 3 is 2.76 bits per heavy atom. The van der Waals surface area contributed by atoms with Crippen molar-refractivity contribution in [3.05, 3.63) is 29.8 Å². The van der Waals surface area contributed by atoms with Crippen molar-refractivity contribution >= 4 is 29.8 Å². The number of ketones is 1. The number of benzene rings is 1. The fourth-order valence-corrected chi connectivity index (χ4v) is 2.53. The Hall–Kier alpha value is -1.43. The van der Waals surface area contributed by atoms with Crippen LogP contribution in [0.5, 0.6) is 0 Å². The summed E-state index contributed by atoms with van der Waals surface area (Å²) in [5.74, 6) is -0.159. The number of nitrogens with zero attached hydrogens (tertiary/aromatic N) is 1. The van der Waals surface area contributed by atoms with Gasteiger partial charge in [0.1, 0.15) is 0 Å². The van der Waals surface area contributed by atoms with E-state index in [1.807, 2.05) is 0 Å². The van der Waals surface area contributed by atoms with Crippen LogP contribution in [-0.4, -0.2) is 42.3 Å². The lowest BCUT2D eigenvalue weighted by molar-refractivity contribution is -0.117. The number of carbonyl (C=O) groups is 2. The number of rotatable bonds is 4. The van der Waals surface area contributed by atoms with Crippen molar-refractivity contribution in [2.45, 2.75) is 25.8 Å². The minimum Gasteiger partial charge on any atom is -0.327 e. The van der Waals surface area contributed by atoms with Crippen LogP contribution in [0.15, 0.2) is 24.3 Å². The van der Waals surface area contributed by atoms with E-state index in [-0.39, 0.29) is 30.1 Å². The first-order valence-corrected chi connectivity index (χ1v) is 6.94. The van der Waals surface area contributed by atoms with E-state index < -0.39 is 0 Å². The second kappa shape index (κ2) is 8.12. The lowest BCUT2D eigenvalue weighted by Crippen LogP contribution is -2.45. The lowest BCUT2D eigenvalue weighted by Gasteiger charge is -2.30. The maximum atomic E-state index is 12.1. The molecular formula is C15H22ClN3O2. The van der Waals surface area contributed by atoms with Crippen LogP contribution >= 0.6 is 12.4 Å². The third kappa shape index (κ3) is 5.12. The predicted molar refractivity (Wildman–Crippen MR) is 86.0 cm³/mol. The van der Waals surface area contributed by atoms with E-state index in [1.54, 1.807) is 24.3 Å². The Morgan fingerprint density at radius 2 is 2.10 bits per heavy atom. The molecule has 0 radical (unpaired) electrons. The first-order valence-electron chi connectivity index (χ1n) is 6.94. The van der Waals surface area contributed by atoms with Gasteiger partial charge in [-0.2, -0.15) is 0 Å². The first-order chi connectivity index (χ1) is 9.56. The molecule has 0 spiro atoms. The molecule has 5 nitrogen and oxygen atoms in total. The molecule has 0 bridgehead atoms. The number of likely N-dealkylation sites (tertiary alicyclic amines) is 1. The van der Waals surface area contributed by atoms with E-state index in [0.717, 1.165) is 25.9 Å². The monoisotopic (exact) mass is 311 g/mol.